The number of anilines is 1. The second kappa shape index (κ2) is 4.35. The molecule has 0 spiro atoms. The average Bonchev–Trinajstić information content (AvgIpc) is 2.75. The topological polar surface area (TPSA) is 56.5 Å². The molecule has 3 N–H and O–H groups in total. The Bertz CT molecular complexity index is 450. The van der Waals surface area contributed by atoms with Gasteiger partial charge < -0.3 is 20.5 Å². The molecule has 1 fully saturated rings. The summed E-state index contributed by atoms with van der Waals surface area (Å²) in [6.07, 6.45) is 3.78. The Kier molecular flexibility index (Phi) is 2.82. The molecular weight excluding hydrogens is 228 g/mol. The van der Waals surface area contributed by atoms with Gasteiger partial charge in [-0.05, 0) is 43.4 Å². The number of rotatable bonds is 4. The third-order valence-corrected chi connectivity index (χ3v) is 4.22. The molecule has 98 valence electrons. The summed E-state index contributed by atoms with van der Waals surface area (Å²) in [5, 5.41) is 3.52. The average molecular weight is 248 g/mol. The lowest BCUT2D eigenvalue weighted by molar-refractivity contribution is 0.163. The van der Waals surface area contributed by atoms with E-state index in [1.54, 1.807) is 0 Å². The predicted octanol–water partition coefficient (Wildman–Crippen LogP) is 2.26. The highest BCUT2D eigenvalue weighted by molar-refractivity contribution is 5.60. The fourth-order valence-electron chi connectivity index (χ4n) is 2.65. The Morgan fingerprint density at radius 3 is 2.61 bits per heavy atom. The van der Waals surface area contributed by atoms with Gasteiger partial charge in [0.2, 0.25) is 6.79 Å². The van der Waals surface area contributed by atoms with Crippen LogP contribution in [0, 0.1) is 12.3 Å². The quantitative estimate of drug-likeness (QED) is 0.858. The molecule has 0 unspecified atom stereocenters. The molecule has 4 heteroatoms. The standard InChI is InChI=1S/C14H20N2O2/c1-10-5-12-13(18-9-17-12)6-11(10)16-8-14(7-15)3-2-4-14/h5-6,16H,2-4,7-9,15H2,1H3. The van der Waals surface area contributed by atoms with E-state index in [1.165, 1.54) is 24.8 Å². The summed E-state index contributed by atoms with van der Waals surface area (Å²) in [5.74, 6) is 1.67. The monoisotopic (exact) mass is 248 g/mol. The number of aryl methyl sites for hydroxylation is 1. The summed E-state index contributed by atoms with van der Waals surface area (Å²) in [4.78, 5) is 0. The molecule has 0 amide bonds. The van der Waals surface area contributed by atoms with Crippen molar-refractivity contribution in [1.82, 2.24) is 0 Å². The van der Waals surface area contributed by atoms with Gasteiger partial charge in [0.05, 0.1) is 0 Å². The lowest BCUT2D eigenvalue weighted by Crippen LogP contribution is -2.43. The Labute approximate surface area is 107 Å². The van der Waals surface area contributed by atoms with E-state index in [9.17, 15) is 0 Å². The molecule has 1 heterocycles. The smallest absolute Gasteiger partial charge is 0.231 e. The molecule has 0 radical (unpaired) electrons. The lowest BCUT2D eigenvalue weighted by atomic mass is 9.69. The number of benzene rings is 1. The first kappa shape index (κ1) is 11.7. The number of hydrogen-bond donors (Lipinski definition) is 2. The van der Waals surface area contributed by atoms with Crippen LogP contribution in [0.15, 0.2) is 12.1 Å². The summed E-state index contributed by atoms with van der Waals surface area (Å²) in [6.45, 7) is 4.12. The van der Waals surface area contributed by atoms with Gasteiger partial charge in [0.1, 0.15) is 0 Å². The van der Waals surface area contributed by atoms with E-state index < -0.39 is 0 Å². The largest absolute Gasteiger partial charge is 0.454 e. The summed E-state index contributed by atoms with van der Waals surface area (Å²) in [5.41, 5.74) is 8.49. The Hall–Kier alpha value is -1.42. The molecular formula is C14H20N2O2. The van der Waals surface area contributed by atoms with Crippen LogP contribution in [0.4, 0.5) is 5.69 Å². The van der Waals surface area contributed by atoms with E-state index in [0.717, 1.165) is 30.3 Å². The van der Waals surface area contributed by atoms with Crippen molar-refractivity contribution in [2.24, 2.45) is 11.1 Å². The first-order valence-electron chi connectivity index (χ1n) is 6.57. The molecule has 1 aromatic rings. The second-order valence-electron chi connectivity index (χ2n) is 5.43. The van der Waals surface area contributed by atoms with Crippen molar-refractivity contribution in [3.05, 3.63) is 17.7 Å². The van der Waals surface area contributed by atoms with Gasteiger partial charge in [0.25, 0.3) is 0 Å². The maximum Gasteiger partial charge on any atom is 0.231 e. The van der Waals surface area contributed by atoms with E-state index in [0.29, 0.717) is 12.2 Å². The Balaban J connectivity index is 1.73. The molecule has 0 atom stereocenters. The van der Waals surface area contributed by atoms with Crippen LogP contribution in [0.1, 0.15) is 24.8 Å². The molecule has 0 saturated heterocycles. The van der Waals surface area contributed by atoms with Crippen LogP contribution in [-0.2, 0) is 0 Å². The minimum Gasteiger partial charge on any atom is -0.454 e. The molecule has 1 aliphatic carbocycles. The number of nitrogens with one attached hydrogen (secondary N) is 1. The Morgan fingerprint density at radius 1 is 1.28 bits per heavy atom. The molecule has 0 bridgehead atoms. The third kappa shape index (κ3) is 1.90. The van der Waals surface area contributed by atoms with Crippen molar-refractivity contribution < 1.29 is 9.47 Å². The van der Waals surface area contributed by atoms with Crippen LogP contribution >= 0.6 is 0 Å². The van der Waals surface area contributed by atoms with Crippen LogP contribution in [0.5, 0.6) is 11.5 Å². The number of nitrogens with two attached hydrogens (primary N) is 1. The van der Waals surface area contributed by atoms with Crippen LogP contribution < -0.4 is 20.5 Å². The van der Waals surface area contributed by atoms with Gasteiger partial charge in [-0.1, -0.05) is 6.42 Å². The number of ether oxygens (including phenoxy) is 2. The van der Waals surface area contributed by atoms with E-state index in [4.69, 9.17) is 15.2 Å². The van der Waals surface area contributed by atoms with Gasteiger partial charge in [-0.2, -0.15) is 0 Å². The molecule has 4 nitrogen and oxygen atoms in total. The van der Waals surface area contributed by atoms with Gasteiger partial charge in [0, 0.05) is 18.3 Å². The zero-order valence-electron chi connectivity index (χ0n) is 10.8. The van der Waals surface area contributed by atoms with E-state index in [1.807, 2.05) is 12.1 Å². The van der Waals surface area contributed by atoms with Crippen LogP contribution in [0.2, 0.25) is 0 Å². The summed E-state index contributed by atoms with van der Waals surface area (Å²) >= 11 is 0. The van der Waals surface area contributed by atoms with E-state index in [2.05, 4.69) is 12.2 Å². The minimum atomic E-state index is 0.308. The SMILES string of the molecule is Cc1cc2c(cc1NCC1(CN)CCC1)OCO2. The molecule has 2 aliphatic rings. The van der Waals surface area contributed by atoms with Crippen LogP contribution in [0.25, 0.3) is 0 Å². The highest BCUT2D eigenvalue weighted by Gasteiger charge is 2.35. The zero-order chi connectivity index (χ0) is 12.6. The van der Waals surface area contributed by atoms with Gasteiger partial charge in [-0.15, -0.1) is 0 Å². The van der Waals surface area contributed by atoms with Crippen molar-refractivity contribution in [3.8, 4) is 11.5 Å². The van der Waals surface area contributed by atoms with Crippen molar-refractivity contribution >= 4 is 5.69 Å². The third-order valence-electron chi connectivity index (χ3n) is 4.22. The van der Waals surface area contributed by atoms with Gasteiger partial charge in [0.15, 0.2) is 11.5 Å². The molecule has 0 aromatic heterocycles. The second-order valence-corrected chi connectivity index (χ2v) is 5.43. The van der Waals surface area contributed by atoms with E-state index in [-0.39, 0.29) is 0 Å². The van der Waals surface area contributed by atoms with Crippen LogP contribution in [0.3, 0.4) is 0 Å². The van der Waals surface area contributed by atoms with Crippen molar-refractivity contribution in [2.75, 3.05) is 25.2 Å². The van der Waals surface area contributed by atoms with Crippen LogP contribution in [-0.4, -0.2) is 19.9 Å². The van der Waals surface area contributed by atoms with Gasteiger partial charge >= 0.3 is 0 Å². The molecule has 3 rings (SSSR count). The van der Waals surface area contributed by atoms with Crippen molar-refractivity contribution in [2.45, 2.75) is 26.2 Å². The summed E-state index contributed by atoms with van der Waals surface area (Å²) in [6, 6.07) is 4.06. The normalized spacial score (nSPS) is 19.4. The molecule has 18 heavy (non-hydrogen) atoms. The van der Waals surface area contributed by atoms with Crippen molar-refractivity contribution in [3.63, 3.8) is 0 Å². The maximum absolute atomic E-state index is 5.88. The molecule has 1 saturated carbocycles. The minimum absolute atomic E-state index is 0.308. The van der Waals surface area contributed by atoms with E-state index >= 15 is 0 Å². The Morgan fingerprint density at radius 2 is 2.00 bits per heavy atom. The predicted molar refractivity (Wildman–Crippen MR) is 71.1 cm³/mol. The fourth-order valence-corrected chi connectivity index (χ4v) is 2.65. The molecule has 1 aromatic carbocycles. The number of fused-ring (bicyclic) bond motifs is 1. The lowest BCUT2D eigenvalue weighted by Gasteiger charge is -2.41. The van der Waals surface area contributed by atoms with Gasteiger partial charge in [-0.3, -0.25) is 0 Å². The maximum atomic E-state index is 5.88. The fraction of sp³-hybridized carbons (Fsp3) is 0.571. The van der Waals surface area contributed by atoms with Crippen molar-refractivity contribution in [1.29, 1.82) is 0 Å². The highest BCUT2D eigenvalue weighted by Crippen LogP contribution is 2.41. The summed E-state index contributed by atoms with van der Waals surface area (Å²) in [7, 11) is 0. The molecule has 1 aliphatic heterocycles. The van der Waals surface area contributed by atoms with Gasteiger partial charge in [-0.25, -0.2) is 0 Å². The first-order valence-corrected chi connectivity index (χ1v) is 6.57. The summed E-state index contributed by atoms with van der Waals surface area (Å²) < 4.78 is 10.8. The first-order chi connectivity index (χ1) is 8.72. The number of hydrogen-bond acceptors (Lipinski definition) is 4. The highest BCUT2D eigenvalue weighted by atomic mass is 16.7. The zero-order valence-corrected chi connectivity index (χ0v) is 10.8.